The molecule has 0 saturated carbocycles. The van der Waals surface area contributed by atoms with Crippen molar-refractivity contribution >= 4 is 34.0 Å². The van der Waals surface area contributed by atoms with Gasteiger partial charge in [0.05, 0.1) is 5.69 Å². The van der Waals surface area contributed by atoms with Crippen molar-refractivity contribution in [2.24, 2.45) is 5.10 Å². The molecule has 1 N–H and O–H groups in total. The number of hydrogen-bond acceptors (Lipinski definition) is 3. The lowest BCUT2D eigenvalue weighted by Crippen LogP contribution is -2.34. The van der Waals surface area contributed by atoms with E-state index >= 15 is 0 Å². The van der Waals surface area contributed by atoms with Gasteiger partial charge in [0.25, 0.3) is 0 Å². The lowest BCUT2D eigenvalue weighted by molar-refractivity contribution is 0.728. The first-order valence-electron chi connectivity index (χ1n) is 6.45. The van der Waals surface area contributed by atoms with Crippen LogP contribution >= 0.6 is 15.9 Å². The highest BCUT2D eigenvalue weighted by atomic mass is 79.9. The second kappa shape index (κ2) is 6.57. The van der Waals surface area contributed by atoms with Gasteiger partial charge in [0.2, 0.25) is 0 Å². The molecule has 104 valence electrons. The van der Waals surface area contributed by atoms with E-state index in [1.807, 2.05) is 47.5 Å². The molecule has 0 aliphatic carbocycles. The van der Waals surface area contributed by atoms with E-state index in [1.54, 1.807) is 0 Å². The quantitative estimate of drug-likeness (QED) is 0.491. The third-order valence-electron chi connectivity index (χ3n) is 3.10. The number of rotatable bonds is 5. The monoisotopic (exact) mass is 331 g/mol. The number of anilines is 2. The summed E-state index contributed by atoms with van der Waals surface area (Å²) in [6.45, 7) is 7.81. The number of hydrazone groups is 1. The smallest absolute Gasteiger partial charge is 0.118 e. The summed E-state index contributed by atoms with van der Waals surface area (Å²) in [5.74, 6) is 0. The summed E-state index contributed by atoms with van der Waals surface area (Å²) in [6, 6.07) is 16.2. The molecule has 0 saturated heterocycles. The molecule has 0 spiro atoms. The highest BCUT2D eigenvalue weighted by molar-refractivity contribution is 9.10. The zero-order valence-electron chi connectivity index (χ0n) is 11.7. The van der Waals surface area contributed by atoms with E-state index in [2.05, 4.69) is 53.0 Å². The van der Waals surface area contributed by atoms with Crippen molar-refractivity contribution in [2.45, 2.75) is 20.0 Å². The van der Waals surface area contributed by atoms with E-state index in [4.69, 9.17) is 0 Å². The van der Waals surface area contributed by atoms with Crippen molar-refractivity contribution in [1.29, 1.82) is 0 Å². The van der Waals surface area contributed by atoms with E-state index in [0.29, 0.717) is 0 Å². The molecule has 0 aromatic heterocycles. The highest BCUT2D eigenvalue weighted by Crippen LogP contribution is 2.23. The van der Waals surface area contributed by atoms with Crippen molar-refractivity contribution in [1.82, 2.24) is 0 Å². The van der Waals surface area contributed by atoms with Crippen LogP contribution in [0, 0.1) is 6.92 Å². The average molecular weight is 332 g/mol. The molecule has 0 heterocycles. The zero-order chi connectivity index (χ0) is 14.5. The van der Waals surface area contributed by atoms with E-state index in [1.165, 1.54) is 5.56 Å². The number of nitrogens with one attached hydrogen (secondary N) is 1. The maximum atomic E-state index is 4.14. The standard InChI is InChI=1S/C16H18BrN3/c1-12-6-4-5-7-16(12)20(18-3)13(2)19-15-10-8-14(17)9-11-15/h4-11,13,19H,3H2,1-2H3. The minimum Gasteiger partial charge on any atom is -0.364 e. The molecular formula is C16H18BrN3. The SMILES string of the molecule is C=NN(c1ccccc1C)C(C)Nc1ccc(Br)cc1. The first-order valence-corrected chi connectivity index (χ1v) is 7.24. The molecule has 20 heavy (non-hydrogen) atoms. The maximum absolute atomic E-state index is 4.14. The zero-order valence-corrected chi connectivity index (χ0v) is 13.3. The van der Waals surface area contributed by atoms with Crippen molar-refractivity contribution in [3.05, 3.63) is 58.6 Å². The molecule has 2 rings (SSSR count). The number of halogens is 1. The number of nitrogens with zero attached hydrogens (tertiary/aromatic N) is 2. The van der Waals surface area contributed by atoms with Crippen molar-refractivity contribution < 1.29 is 0 Å². The molecular weight excluding hydrogens is 314 g/mol. The van der Waals surface area contributed by atoms with Crippen molar-refractivity contribution in [3.8, 4) is 0 Å². The summed E-state index contributed by atoms with van der Waals surface area (Å²) < 4.78 is 1.06. The van der Waals surface area contributed by atoms with Gasteiger partial charge in [-0.3, -0.25) is 0 Å². The Labute approximate surface area is 128 Å². The van der Waals surface area contributed by atoms with Gasteiger partial charge in [-0.1, -0.05) is 34.1 Å². The summed E-state index contributed by atoms with van der Waals surface area (Å²) in [4.78, 5) is 0. The van der Waals surface area contributed by atoms with Gasteiger partial charge in [-0.25, -0.2) is 5.01 Å². The molecule has 3 nitrogen and oxygen atoms in total. The van der Waals surface area contributed by atoms with Crippen molar-refractivity contribution in [2.75, 3.05) is 10.3 Å². The molecule has 1 unspecified atom stereocenters. The predicted octanol–water partition coefficient (Wildman–Crippen LogP) is 4.64. The minimum atomic E-state index is 0.00905. The number of aryl methyl sites for hydroxylation is 1. The normalized spacial score (nSPS) is 11.8. The number of para-hydroxylation sites is 1. The van der Waals surface area contributed by atoms with E-state index in [9.17, 15) is 0 Å². The Morgan fingerprint density at radius 1 is 1.15 bits per heavy atom. The van der Waals surface area contributed by atoms with Crippen LogP contribution in [0.4, 0.5) is 11.4 Å². The molecule has 0 radical (unpaired) electrons. The van der Waals surface area contributed by atoms with Crippen LogP contribution in [0.5, 0.6) is 0 Å². The molecule has 0 amide bonds. The summed E-state index contributed by atoms with van der Waals surface area (Å²) in [5, 5.41) is 9.45. The molecule has 2 aromatic rings. The Morgan fingerprint density at radius 2 is 1.80 bits per heavy atom. The van der Waals surface area contributed by atoms with Gasteiger partial charge in [0.1, 0.15) is 6.17 Å². The fraction of sp³-hybridized carbons (Fsp3) is 0.188. The van der Waals surface area contributed by atoms with E-state index in [0.717, 1.165) is 15.8 Å². The second-order valence-corrected chi connectivity index (χ2v) is 5.52. The van der Waals surface area contributed by atoms with E-state index < -0.39 is 0 Å². The molecule has 0 aliphatic rings. The van der Waals surface area contributed by atoms with Gasteiger partial charge >= 0.3 is 0 Å². The van der Waals surface area contributed by atoms with Gasteiger partial charge in [0.15, 0.2) is 0 Å². The number of hydrogen-bond donors (Lipinski definition) is 1. The Bertz CT molecular complexity index is 581. The third-order valence-corrected chi connectivity index (χ3v) is 3.63. The largest absolute Gasteiger partial charge is 0.364 e. The highest BCUT2D eigenvalue weighted by Gasteiger charge is 2.14. The second-order valence-electron chi connectivity index (χ2n) is 4.60. The Morgan fingerprint density at radius 3 is 2.40 bits per heavy atom. The predicted molar refractivity (Wildman–Crippen MR) is 90.4 cm³/mol. The topological polar surface area (TPSA) is 27.6 Å². The number of benzene rings is 2. The summed E-state index contributed by atoms with van der Waals surface area (Å²) in [5.41, 5.74) is 3.27. The van der Waals surface area contributed by atoms with E-state index in [-0.39, 0.29) is 6.17 Å². The summed E-state index contributed by atoms with van der Waals surface area (Å²) in [7, 11) is 0. The third kappa shape index (κ3) is 3.39. The van der Waals surface area contributed by atoms with Crippen LogP contribution in [0.1, 0.15) is 12.5 Å². The van der Waals surface area contributed by atoms with Gasteiger partial charge in [-0.05, 0) is 49.7 Å². The van der Waals surface area contributed by atoms with Crippen LogP contribution in [0.15, 0.2) is 58.1 Å². The molecule has 2 aromatic carbocycles. The van der Waals surface area contributed by atoms with Crippen LogP contribution in [0.3, 0.4) is 0 Å². The molecule has 1 atom stereocenters. The van der Waals surface area contributed by atoms with Crippen LogP contribution in [-0.2, 0) is 0 Å². The Kier molecular flexibility index (Phi) is 4.79. The van der Waals surface area contributed by atoms with Crippen molar-refractivity contribution in [3.63, 3.8) is 0 Å². The minimum absolute atomic E-state index is 0.00905. The lowest BCUT2D eigenvalue weighted by atomic mass is 10.2. The lowest BCUT2D eigenvalue weighted by Gasteiger charge is -2.28. The van der Waals surface area contributed by atoms with Crippen LogP contribution in [0.2, 0.25) is 0 Å². The maximum Gasteiger partial charge on any atom is 0.118 e. The van der Waals surface area contributed by atoms with Crippen LogP contribution in [-0.4, -0.2) is 12.9 Å². The molecule has 0 bridgehead atoms. The van der Waals surface area contributed by atoms with Gasteiger partial charge in [-0.2, -0.15) is 5.10 Å². The van der Waals surface area contributed by atoms with Gasteiger partial charge < -0.3 is 5.32 Å². The fourth-order valence-electron chi connectivity index (χ4n) is 2.08. The Hall–Kier alpha value is -1.81. The van der Waals surface area contributed by atoms with Crippen LogP contribution < -0.4 is 10.3 Å². The first-order chi connectivity index (χ1) is 9.61. The molecule has 4 heteroatoms. The Balaban J connectivity index is 2.17. The first kappa shape index (κ1) is 14.6. The van der Waals surface area contributed by atoms with Crippen LogP contribution in [0.25, 0.3) is 0 Å². The molecule has 0 aliphatic heterocycles. The summed E-state index contributed by atoms with van der Waals surface area (Å²) >= 11 is 3.43. The van der Waals surface area contributed by atoms with Gasteiger partial charge in [-0.15, -0.1) is 0 Å². The summed E-state index contributed by atoms with van der Waals surface area (Å²) in [6.07, 6.45) is 0.00905. The van der Waals surface area contributed by atoms with Gasteiger partial charge in [0, 0.05) is 16.9 Å². The fourth-order valence-corrected chi connectivity index (χ4v) is 2.34. The molecule has 0 fully saturated rings. The average Bonchev–Trinajstić information content (AvgIpc) is 2.44.